The van der Waals surface area contributed by atoms with Crippen LogP contribution in [0, 0.1) is 0 Å². The number of esters is 1. The fourth-order valence-corrected chi connectivity index (χ4v) is 3.35. The van der Waals surface area contributed by atoms with E-state index < -0.39 is 15.8 Å². The number of ether oxygens (including phenoxy) is 1. The first kappa shape index (κ1) is 17.2. The van der Waals surface area contributed by atoms with Gasteiger partial charge in [-0.25, -0.2) is 13.2 Å². The molecule has 1 aliphatic heterocycles. The van der Waals surface area contributed by atoms with E-state index in [1.165, 1.54) is 24.3 Å². The van der Waals surface area contributed by atoms with Crippen LogP contribution in [0.4, 0.5) is 5.69 Å². The van der Waals surface area contributed by atoms with Gasteiger partial charge in [-0.1, -0.05) is 18.2 Å². The maximum Gasteiger partial charge on any atom is 0.338 e. The zero-order valence-electron chi connectivity index (χ0n) is 13.6. The molecule has 0 saturated heterocycles. The lowest BCUT2D eigenvalue weighted by Gasteiger charge is -2.17. The molecule has 0 radical (unpaired) electrons. The van der Waals surface area contributed by atoms with Gasteiger partial charge in [0.05, 0.1) is 10.5 Å². The predicted molar refractivity (Wildman–Crippen MR) is 92.3 cm³/mol. The lowest BCUT2D eigenvalue weighted by atomic mass is 10.2. The van der Waals surface area contributed by atoms with Crippen LogP contribution in [0.5, 0.6) is 0 Å². The average molecular weight is 359 g/mol. The number of rotatable bonds is 4. The van der Waals surface area contributed by atoms with Crippen molar-refractivity contribution in [2.24, 2.45) is 0 Å². The molecule has 1 amide bonds. The van der Waals surface area contributed by atoms with E-state index in [0.29, 0.717) is 6.54 Å². The van der Waals surface area contributed by atoms with Gasteiger partial charge in [-0.2, -0.15) is 0 Å². The molecule has 7 heteroatoms. The number of benzene rings is 2. The van der Waals surface area contributed by atoms with E-state index in [1.54, 1.807) is 4.90 Å². The topological polar surface area (TPSA) is 80.7 Å². The quantitative estimate of drug-likeness (QED) is 0.778. The van der Waals surface area contributed by atoms with Gasteiger partial charge in [-0.15, -0.1) is 0 Å². The summed E-state index contributed by atoms with van der Waals surface area (Å²) >= 11 is 0. The molecule has 0 fully saturated rings. The zero-order valence-corrected chi connectivity index (χ0v) is 14.5. The van der Waals surface area contributed by atoms with Crippen LogP contribution in [0.3, 0.4) is 0 Å². The van der Waals surface area contributed by atoms with Gasteiger partial charge in [0.25, 0.3) is 5.91 Å². The van der Waals surface area contributed by atoms with Crippen LogP contribution in [0.1, 0.15) is 15.9 Å². The molecule has 130 valence electrons. The van der Waals surface area contributed by atoms with Gasteiger partial charge in [-0.3, -0.25) is 4.79 Å². The molecule has 0 N–H and O–H groups in total. The Morgan fingerprint density at radius 3 is 2.44 bits per heavy atom. The number of para-hydroxylation sites is 1. The molecule has 0 bridgehead atoms. The fourth-order valence-electron chi connectivity index (χ4n) is 2.72. The van der Waals surface area contributed by atoms with E-state index in [0.717, 1.165) is 23.9 Å². The SMILES string of the molecule is CS(=O)(=O)c1ccc(C(=O)OCC(=O)N2CCc3ccccc32)cc1. The van der Waals surface area contributed by atoms with Crippen LogP contribution >= 0.6 is 0 Å². The normalized spacial score (nSPS) is 13.4. The summed E-state index contributed by atoms with van der Waals surface area (Å²) in [6.45, 7) is 0.208. The third kappa shape index (κ3) is 3.71. The number of amides is 1. The predicted octanol–water partition coefficient (Wildman–Crippen LogP) is 1.84. The molecule has 1 heterocycles. The van der Waals surface area contributed by atoms with Crippen molar-refractivity contribution in [3.05, 3.63) is 59.7 Å². The molecule has 3 rings (SSSR count). The first-order valence-corrected chi connectivity index (χ1v) is 9.61. The van der Waals surface area contributed by atoms with Crippen molar-refractivity contribution in [3.8, 4) is 0 Å². The summed E-state index contributed by atoms with van der Waals surface area (Å²) in [4.78, 5) is 26.1. The minimum atomic E-state index is -3.32. The Hall–Kier alpha value is -2.67. The molecule has 0 spiro atoms. The molecular weight excluding hydrogens is 342 g/mol. The van der Waals surface area contributed by atoms with Crippen LogP contribution < -0.4 is 4.90 Å². The third-order valence-electron chi connectivity index (χ3n) is 4.03. The Labute approximate surface area is 145 Å². The van der Waals surface area contributed by atoms with Crippen LogP contribution in [0.15, 0.2) is 53.4 Å². The van der Waals surface area contributed by atoms with Gasteiger partial charge in [0, 0.05) is 18.5 Å². The van der Waals surface area contributed by atoms with Gasteiger partial charge >= 0.3 is 5.97 Å². The molecule has 2 aromatic rings. The van der Waals surface area contributed by atoms with Gasteiger partial charge in [0.1, 0.15) is 0 Å². The maximum absolute atomic E-state index is 12.3. The second-order valence-electron chi connectivity index (χ2n) is 5.80. The number of hydrogen-bond acceptors (Lipinski definition) is 5. The maximum atomic E-state index is 12.3. The van der Waals surface area contributed by atoms with Gasteiger partial charge < -0.3 is 9.64 Å². The summed E-state index contributed by atoms with van der Waals surface area (Å²) in [5.41, 5.74) is 2.14. The van der Waals surface area contributed by atoms with Crippen molar-refractivity contribution in [1.29, 1.82) is 0 Å². The lowest BCUT2D eigenvalue weighted by Crippen LogP contribution is -2.33. The van der Waals surface area contributed by atoms with Crippen molar-refractivity contribution in [2.45, 2.75) is 11.3 Å². The lowest BCUT2D eigenvalue weighted by molar-refractivity contribution is -0.121. The smallest absolute Gasteiger partial charge is 0.338 e. The number of fused-ring (bicyclic) bond motifs is 1. The summed E-state index contributed by atoms with van der Waals surface area (Å²) in [5, 5.41) is 0. The first-order chi connectivity index (χ1) is 11.9. The van der Waals surface area contributed by atoms with E-state index in [-0.39, 0.29) is 23.0 Å². The third-order valence-corrected chi connectivity index (χ3v) is 5.16. The Kier molecular flexibility index (Phi) is 4.59. The number of carbonyl (C=O) groups excluding carboxylic acids is 2. The summed E-state index contributed by atoms with van der Waals surface area (Å²) in [6, 6.07) is 13.0. The Morgan fingerprint density at radius 1 is 1.08 bits per heavy atom. The van der Waals surface area contributed by atoms with Crippen LogP contribution in [-0.2, 0) is 25.8 Å². The van der Waals surface area contributed by atoms with Crippen LogP contribution in [0.2, 0.25) is 0 Å². The molecule has 6 nitrogen and oxygen atoms in total. The average Bonchev–Trinajstić information content (AvgIpc) is 3.03. The number of hydrogen-bond donors (Lipinski definition) is 0. The highest BCUT2D eigenvalue weighted by molar-refractivity contribution is 7.90. The molecule has 0 aromatic heterocycles. The minimum Gasteiger partial charge on any atom is -0.452 e. The number of anilines is 1. The molecule has 0 aliphatic carbocycles. The molecule has 2 aromatic carbocycles. The fraction of sp³-hybridized carbons (Fsp3) is 0.222. The van der Waals surface area contributed by atoms with Crippen molar-refractivity contribution in [2.75, 3.05) is 24.3 Å². The molecule has 1 aliphatic rings. The van der Waals surface area contributed by atoms with Gasteiger partial charge in [0.2, 0.25) is 0 Å². The van der Waals surface area contributed by atoms with E-state index in [1.807, 2.05) is 24.3 Å². The largest absolute Gasteiger partial charge is 0.452 e. The molecule has 0 atom stereocenters. The highest BCUT2D eigenvalue weighted by atomic mass is 32.2. The number of nitrogens with zero attached hydrogens (tertiary/aromatic N) is 1. The number of sulfone groups is 1. The Morgan fingerprint density at radius 2 is 1.76 bits per heavy atom. The monoisotopic (exact) mass is 359 g/mol. The standard InChI is InChI=1S/C18H17NO5S/c1-25(22,23)15-8-6-14(7-9-15)18(21)24-12-17(20)19-11-10-13-4-2-3-5-16(13)19/h2-9H,10-12H2,1H3. The molecule has 0 unspecified atom stereocenters. The van der Waals surface area contributed by atoms with E-state index in [2.05, 4.69) is 0 Å². The zero-order chi connectivity index (χ0) is 18.0. The van der Waals surface area contributed by atoms with Gasteiger partial charge in [-0.05, 0) is 42.3 Å². The van der Waals surface area contributed by atoms with Crippen molar-refractivity contribution in [1.82, 2.24) is 0 Å². The second kappa shape index (κ2) is 6.68. The number of carbonyl (C=O) groups is 2. The molecular formula is C18H17NO5S. The van der Waals surface area contributed by atoms with E-state index in [9.17, 15) is 18.0 Å². The van der Waals surface area contributed by atoms with Crippen LogP contribution in [-0.4, -0.2) is 39.7 Å². The van der Waals surface area contributed by atoms with Gasteiger partial charge in [0.15, 0.2) is 16.4 Å². The second-order valence-corrected chi connectivity index (χ2v) is 7.81. The summed E-state index contributed by atoms with van der Waals surface area (Å²) in [6.07, 6.45) is 1.87. The summed E-state index contributed by atoms with van der Waals surface area (Å²) < 4.78 is 27.9. The summed E-state index contributed by atoms with van der Waals surface area (Å²) in [5.74, 6) is -0.952. The van der Waals surface area contributed by atoms with Crippen molar-refractivity contribution >= 4 is 27.4 Å². The highest BCUT2D eigenvalue weighted by Crippen LogP contribution is 2.27. The highest BCUT2D eigenvalue weighted by Gasteiger charge is 2.25. The Balaban J connectivity index is 1.62. The summed E-state index contributed by atoms with van der Waals surface area (Å²) in [7, 11) is -3.32. The first-order valence-electron chi connectivity index (χ1n) is 7.72. The van der Waals surface area contributed by atoms with Crippen molar-refractivity contribution < 1.29 is 22.7 Å². The molecule has 25 heavy (non-hydrogen) atoms. The Bertz CT molecular complexity index is 919. The van der Waals surface area contributed by atoms with Crippen LogP contribution in [0.25, 0.3) is 0 Å². The van der Waals surface area contributed by atoms with E-state index in [4.69, 9.17) is 4.74 Å². The van der Waals surface area contributed by atoms with Crippen molar-refractivity contribution in [3.63, 3.8) is 0 Å². The molecule has 0 saturated carbocycles. The minimum absolute atomic E-state index is 0.119. The van der Waals surface area contributed by atoms with E-state index >= 15 is 0 Å².